The molecule has 10 heteroatoms. The van der Waals surface area contributed by atoms with Gasteiger partial charge in [0.25, 0.3) is 5.91 Å². The molecule has 0 unspecified atom stereocenters. The second-order valence-corrected chi connectivity index (χ2v) is 7.72. The Bertz CT molecular complexity index is 1180. The molecule has 1 N–H and O–H groups in total. The smallest absolute Gasteiger partial charge is 0.343 e. The Morgan fingerprint density at radius 3 is 2.39 bits per heavy atom. The van der Waals surface area contributed by atoms with Gasteiger partial charge in [-0.3, -0.25) is 4.79 Å². The molecule has 7 nitrogen and oxygen atoms in total. The molecule has 3 aromatic carbocycles. The first-order valence-electron chi connectivity index (χ1n) is 9.41. The number of hydrogen-bond donors (Lipinski definition) is 1. The highest BCUT2D eigenvalue weighted by Gasteiger charge is 2.14. The standard InChI is InChI=1S/C23H17Cl3N2O5/c1-31-21-10-14(12-27-28-22(29)13-32-17-6-4-16(24)5-7-17)2-9-20(21)33-23(30)15-3-8-18(25)19(26)11-15/h2-12H,13H2,1H3,(H,28,29)/b27-12+. The lowest BCUT2D eigenvalue weighted by Crippen LogP contribution is -2.24. The van der Waals surface area contributed by atoms with Gasteiger partial charge in [0.15, 0.2) is 18.1 Å². The molecule has 33 heavy (non-hydrogen) atoms. The number of methoxy groups -OCH3 is 1. The molecule has 0 aliphatic rings. The molecule has 0 atom stereocenters. The van der Waals surface area contributed by atoms with E-state index in [1.165, 1.54) is 31.5 Å². The molecule has 1 amide bonds. The van der Waals surface area contributed by atoms with Crippen molar-refractivity contribution < 1.29 is 23.8 Å². The van der Waals surface area contributed by atoms with Gasteiger partial charge >= 0.3 is 5.97 Å². The van der Waals surface area contributed by atoms with Crippen LogP contribution in [0.5, 0.6) is 17.2 Å². The van der Waals surface area contributed by atoms with Gasteiger partial charge in [-0.25, -0.2) is 10.2 Å². The van der Waals surface area contributed by atoms with Crippen molar-refractivity contribution in [3.05, 3.63) is 86.9 Å². The van der Waals surface area contributed by atoms with Crippen LogP contribution in [0.15, 0.2) is 65.8 Å². The number of nitrogens with one attached hydrogen (secondary N) is 1. The summed E-state index contributed by atoms with van der Waals surface area (Å²) < 4.78 is 16.0. The van der Waals surface area contributed by atoms with Crippen molar-refractivity contribution in [3.63, 3.8) is 0 Å². The molecular weight excluding hydrogens is 491 g/mol. The summed E-state index contributed by atoms with van der Waals surface area (Å²) in [6.45, 7) is -0.216. The molecule has 0 spiro atoms. The summed E-state index contributed by atoms with van der Waals surface area (Å²) in [5.74, 6) is -0.0632. The van der Waals surface area contributed by atoms with E-state index in [-0.39, 0.29) is 22.9 Å². The summed E-state index contributed by atoms with van der Waals surface area (Å²) in [4.78, 5) is 24.3. The summed E-state index contributed by atoms with van der Waals surface area (Å²) in [7, 11) is 1.43. The summed E-state index contributed by atoms with van der Waals surface area (Å²) in [5, 5.41) is 5.03. The van der Waals surface area contributed by atoms with Gasteiger partial charge in [0.1, 0.15) is 5.75 Å². The van der Waals surface area contributed by atoms with Crippen molar-refractivity contribution in [3.8, 4) is 17.2 Å². The van der Waals surface area contributed by atoms with Gasteiger partial charge in [-0.15, -0.1) is 0 Å². The Labute approximate surface area is 204 Å². The molecule has 170 valence electrons. The normalized spacial score (nSPS) is 10.7. The Kier molecular flexibility index (Phi) is 8.54. The van der Waals surface area contributed by atoms with Crippen LogP contribution in [0.1, 0.15) is 15.9 Å². The van der Waals surface area contributed by atoms with Crippen LogP contribution in [0.3, 0.4) is 0 Å². The number of carbonyl (C=O) groups is 2. The van der Waals surface area contributed by atoms with E-state index in [0.717, 1.165) is 0 Å². The molecule has 0 heterocycles. The average Bonchev–Trinajstić information content (AvgIpc) is 2.81. The number of carbonyl (C=O) groups excluding carboxylic acids is 2. The zero-order valence-electron chi connectivity index (χ0n) is 17.2. The fraction of sp³-hybridized carbons (Fsp3) is 0.0870. The first-order chi connectivity index (χ1) is 15.9. The molecule has 0 radical (unpaired) electrons. The Morgan fingerprint density at radius 2 is 1.70 bits per heavy atom. The van der Waals surface area contributed by atoms with Crippen molar-refractivity contribution in [1.82, 2.24) is 5.43 Å². The Hall–Kier alpha value is -3.26. The molecule has 0 fully saturated rings. The number of benzene rings is 3. The van der Waals surface area contributed by atoms with E-state index >= 15 is 0 Å². The Balaban J connectivity index is 1.57. The van der Waals surface area contributed by atoms with Crippen LogP contribution in [0.2, 0.25) is 15.1 Å². The topological polar surface area (TPSA) is 86.2 Å². The second kappa shape index (κ2) is 11.6. The second-order valence-electron chi connectivity index (χ2n) is 6.46. The maximum absolute atomic E-state index is 12.4. The molecule has 0 aliphatic carbocycles. The fourth-order valence-corrected chi connectivity index (χ4v) is 2.95. The van der Waals surface area contributed by atoms with Crippen molar-refractivity contribution in [1.29, 1.82) is 0 Å². The van der Waals surface area contributed by atoms with E-state index < -0.39 is 11.9 Å². The van der Waals surface area contributed by atoms with Gasteiger partial charge in [-0.05, 0) is 66.2 Å². The van der Waals surface area contributed by atoms with Gasteiger partial charge in [0, 0.05) is 5.02 Å². The third-order valence-electron chi connectivity index (χ3n) is 4.13. The lowest BCUT2D eigenvalue weighted by Gasteiger charge is -2.10. The Morgan fingerprint density at radius 1 is 0.939 bits per heavy atom. The molecule has 0 aromatic heterocycles. The highest BCUT2D eigenvalue weighted by Crippen LogP contribution is 2.29. The van der Waals surface area contributed by atoms with E-state index in [9.17, 15) is 9.59 Å². The van der Waals surface area contributed by atoms with Gasteiger partial charge in [-0.2, -0.15) is 5.10 Å². The summed E-state index contributed by atoms with van der Waals surface area (Å²) in [5.41, 5.74) is 3.19. The number of nitrogens with zero attached hydrogens (tertiary/aromatic N) is 1. The molecule has 0 bridgehead atoms. The minimum Gasteiger partial charge on any atom is -0.493 e. The van der Waals surface area contributed by atoms with Crippen LogP contribution in [-0.2, 0) is 4.79 Å². The van der Waals surface area contributed by atoms with Gasteiger partial charge < -0.3 is 14.2 Å². The SMILES string of the molecule is COc1cc(/C=N/NC(=O)COc2ccc(Cl)cc2)ccc1OC(=O)c1ccc(Cl)c(Cl)c1. The van der Waals surface area contributed by atoms with Crippen molar-refractivity contribution in [2.24, 2.45) is 5.10 Å². The zero-order chi connectivity index (χ0) is 23.8. The lowest BCUT2D eigenvalue weighted by molar-refractivity contribution is -0.123. The minimum atomic E-state index is -0.624. The number of halogens is 3. The summed E-state index contributed by atoms with van der Waals surface area (Å²) in [6, 6.07) is 15.8. The van der Waals surface area contributed by atoms with Crippen molar-refractivity contribution in [2.45, 2.75) is 0 Å². The van der Waals surface area contributed by atoms with Crippen molar-refractivity contribution in [2.75, 3.05) is 13.7 Å². The largest absolute Gasteiger partial charge is 0.493 e. The number of rotatable bonds is 8. The molecule has 0 saturated carbocycles. The third-order valence-corrected chi connectivity index (χ3v) is 5.12. The number of ether oxygens (including phenoxy) is 3. The third kappa shape index (κ3) is 7.12. The number of hydrogen-bond acceptors (Lipinski definition) is 6. The van der Waals surface area contributed by atoms with E-state index in [2.05, 4.69) is 10.5 Å². The molecule has 3 aromatic rings. The summed E-state index contributed by atoms with van der Waals surface area (Å²) in [6.07, 6.45) is 1.41. The van der Waals surface area contributed by atoms with Crippen LogP contribution in [0, 0.1) is 0 Å². The average molecular weight is 508 g/mol. The van der Waals surface area contributed by atoms with Crippen LogP contribution < -0.4 is 19.6 Å². The highest BCUT2D eigenvalue weighted by atomic mass is 35.5. The van der Waals surface area contributed by atoms with Crippen LogP contribution in [-0.4, -0.2) is 31.8 Å². The van der Waals surface area contributed by atoms with E-state index in [1.807, 2.05) is 0 Å². The quantitative estimate of drug-likeness (QED) is 0.191. The van der Waals surface area contributed by atoms with Gasteiger partial charge in [0.2, 0.25) is 0 Å². The van der Waals surface area contributed by atoms with Gasteiger partial charge in [-0.1, -0.05) is 34.8 Å². The van der Waals surface area contributed by atoms with E-state index in [1.54, 1.807) is 42.5 Å². The van der Waals surface area contributed by atoms with Gasteiger partial charge in [0.05, 0.1) is 28.9 Å². The lowest BCUT2D eigenvalue weighted by atomic mass is 10.2. The molecule has 3 rings (SSSR count). The minimum absolute atomic E-state index is 0.200. The molecule has 0 saturated heterocycles. The maximum Gasteiger partial charge on any atom is 0.343 e. The predicted octanol–water partition coefficient (Wildman–Crippen LogP) is 5.40. The summed E-state index contributed by atoms with van der Waals surface area (Å²) >= 11 is 17.6. The number of amides is 1. The molecule has 0 aliphatic heterocycles. The fourth-order valence-electron chi connectivity index (χ4n) is 2.52. The first-order valence-corrected chi connectivity index (χ1v) is 10.5. The monoisotopic (exact) mass is 506 g/mol. The number of hydrazone groups is 1. The predicted molar refractivity (Wildman–Crippen MR) is 127 cm³/mol. The van der Waals surface area contributed by atoms with E-state index in [0.29, 0.717) is 27.1 Å². The maximum atomic E-state index is 12.4. The van der Waals surface area contributed by atoms with Crippen molar-refractivity contribution >= 4 is 52.9 Å². The number of esters is 1. The van der Waals surface area contributed by atoms with Crippen LogP contribution in [0.25, 0.3) is 0 Å². The van der Waals surface area contributed by atoms with Crippen LogP contribution >= 0.6 is 34.8 Å². The molecular formula is C23H17Cl3N2O5. The highest BCUT2D eigenvalue weighted by molar-refractivity contribution is 6.42. The van der Waals surface area contributed by atoms with E-state index in [4.69, 9.17) is 49.0 Å². The first kappa shape index (κ1) is 24.4. The zero-order valence-corrected chi connectivity index (χ0v) is 19.4. The van der Waals surface area contributed by atoms with Crippen LogP contribution in [0.4, 0.5) is 0 Å².